The molecule has 4 rings (SSSR count). The van der Waals surface area contributed by atoms with Crippen LogP contribution < -0.4 is 0 Å². The van der Waals surface area contributed by atoms with Crippen LogP contribution >= 0.6 is 11.6 Å². The molecule has 1 amide bonds. The predicted octanol–water partition coefficient (Wildman–Crippen LogP) is 5.46. The van der Waals surface area contributed by atoms with Gasteiger partial charge in [0.2, 0.25) is 6.41 Å². The standard InChI is InChI=1S/C22H23ClN2O/c1-15(16-6-3-2-4-7-16)12-21-22-18(8-5-11-25(21)14-26)19-13-17(23)9-10-20(19)24-22/h2-4,6-7,9-10,13-15,21,24H,5,8,11-12H2,1H3. The molecule has 26 heavy (non-hydrogen) atoms. The number of nitrogens with one attached hydrogen (secondary N) is 1. The predicted molar refractivity (Wildman–Crippen MR) is 107 cm³/mol. The van der Waals surface area contributed by atoms with Crippen LogP contribution in [-0.2, 0) is 11.2 Å². The third-order valence-corrected chi connectivity index (χ3v) is 5.79. The lowest BCUT2D eigenvalue weighted by molar-refractivity contribution is -0.120. The van der Waals surface area contributed by atoms with Crippen LogP contribution in [0.2, 0.25) is 5.02 Å². The van der Waals surface area contributed by atoms with Crippen molar-refractivity contribution < 1.29 is 4.79 Å². The van der Waals surface area contributed by atoms with Crippen LogP contribution in [0.3, 0.4) is 0 Å². The van der Waals surface area contributed by atoms with E-state index in [0.717, 1.165) is 42.8 Å². The van der Waals surface area contributed by atoms with E-state index in [1.807, 2.05) is 29.2 Å². The van der Waals surface area contributed by atoms with E-state index in [-0.39, 0.29) is 6.04 Å². The molecule has 2 heterocycles. The third-order valence-electron chi connectivity index (χ3n) is 5.56. The first-order chi connectivity index (χ1) is 12.7. The van der Waals surface area contributed by atoms with E-state index in [0.29, 0.717) is 5.92 Å². The van der Waals surface area contributed by atoms with Crippen LogP contribution in [0.5, 0.6) is 0 Å². The Morgan fingerprint density at radius 3 is 2.85 bits per heavy atom. The van der Waals surface area contributed by atoms with Crippen LogP contribution in [0.15, 0.2) is 48.5 Å². The maximum atomic E-state index is 11.8. The van der Waals surface area contributed by atoms with Gasteiger partial charge in [-0.25, -0.2) is 0 Å². The minimum absolute atomic E-state index is 0.0615. The van der Waals surface area contributed by atoms with Gasteiger partial charge in [-0.05, 0) is 54.5 Å². The quantitative estimate of drug-likeness (QED) is 0.611. The minimum Gasteiger partial charge on any atom is -0.356 e. The molecule has 2 atom stereocenters. The average Bonchev–Trinajstić information content (AvgIpc) is 2.92. The van der Waals surface area contributed by atoms with Gasteiger partial charge in [0.05, 0.1) is 6.04 Å². The highest BCUT2D eigenvalue weighted by Gasteiger charge is 2.29. The molecule has 1 aliphatic heterocycles. The summed E-state index contributed by atoms with van der Waals surface area (Å²) in [6.45, 7) is 3.03. The molecule has 1 aromatic heterocycles. The number of H-pyrrole nitrogens is 1. The number of benzene rings is 2. The van der Waals surface area contributed by atoms with Crippen LogP contribution in [-0.4, -0.2) is 22.8 Å². The maximum absolute atomic E-state index is 11.8. The van der Waals surface area contributed by atoms with E-state index in [1.165, 1.54) is 22.2 Å². The van der Waals surface area contributed by atoms with Gasteiger partial charge in [0, 0.05) is 28.2 Å². The fraction of sp³-hybridized carbons (Fsp3) is 0.318. The van der Waals surface area contributed by atoms with Gasteiger partial charge in [0.1, 0.15) is 0 Å². The van der Waals surface area contributed by atoms with Crippen molar-refractivity contribution in [1.29, 1.82) is 0 Å². The first-order valence-corrected chi connectivity index (χ1v) is 9.61. The number of fused-ring (bicyclic) bond motifs is 3. The number of aryl methyl sites for hydroxylation is 1. The van der Waals surface area contributed by atoms with Crippen molar-refractivity contribution >= 4 is 28.9 Å². The number of hydrogen-bond acceptors (Lipinski definition) is 1. The van der Waals surface area contributed by atoms with Crippen LogP contribution in [0, 0.1) is 0 Å². The van der Waals surface area contributed by atoms with Gasteiger partial charge < -0.3 is 9.88 Å². The van der Waals surface area contributed by atoms with Crippen molar-refractivity contribution in [3.05, 3.63) is 70.4 Å². The van der Waals surface area contributed by atoms with Crippen LogP contribution in [0.4, 0.5) is 0 Å². The third kappa shape index (κ3) is 3.12. The first-order valence-electron chi connectivity index (χ1n) is 9.23. The molecule has 0 spiro atoms. The molecule has 2 aromatic carbocycles. The zero-order valence-corrected chi connectivity index (χ0v) is 15.7. The molecule has 0 fully saturated rings. The largest absolute Gasteiger partial charge is 0.356 e. The Morgan fingerprint density at radius 2 is 2.08 bits per heavy atom. The van der Waals surface area contributed by atoms with E-state index in [2.05, 4.69) is 36.2 Å². The van der Waals surface area contributed by atoms with Crippen molar-refractivity contribution in [3.63, 3.8) is 0 Å². The lowest BCUT2D eigenvalue weighted by atomic mass is 9.91. The van der Waals surface area contributed by atoms with E-state index < -0.39 is 0 Å². The second-order valence-corrected chi connectivity index (χ2v) is 7.65. The molecule has 0 bridgehead atoms. The summed E-state index contributed by atoms with van der Waals surface area (Å²) in [5, 5.41) is 1.95. The molecule has 3 nitrogen and oxygen atoms in total. The van der Waals surface area contributed by atoms with Gasteiger partial charge in [0.25, 0.3) is 0 Å². The molecule has 0 radical (unpaired) electrons. The lowest BCUT2D eigenvalue weighted by Gasteiger charge is -2.29. The van der Waals surface area contributed by atoms with Crippen molar-refractivity contribution in [3.8, 4) is 0 Å². The average molecular weight is 367 g/mol. The zero-order chi connectivity index (χ0) is 18.1. The minimum atomic E-state index is 0.0615. The second kappa shape index (κ2) is 7.16. The summed E-state index contributed by atoms with van der Waals surface area (Å²) < 4.78 is 0. The molecule has 2 unspecified atom stereocenters. The number of aromatic nitrogens is 1. The SMILES string of the molecule is CC(CC1c2[nH]c3ccc(Cl)cc3c2CCCN1C=O)c1ccccc1. The summed E-state index contributed by atoms with van der Waals surface area (Å²) in [6, 6.07) is 16.6. The van der Waals surface area contributed by atoms with Crippen molar-refractivity contribution in [2.45, 2.75) is 38.1 Å². The molecule has 3 aromatic rings. The number of aromatic amines is 1. The summed E-state index contributed by atoms with van der Waals surface area (Å²) in [4.78, 5) is 17.4. The molecule has 0 aliphatic carbocycles. The number of carbonyl (C=O) groups excluding carboxylic acids is 1. The van der Waals surface area contributed by atoms with E-state index >= 15 is 0 Å². The lowest BCUT2D eigenvalue weighted by Crippen LogP contribution is -2.28. The van der Waals surface area contributed by atoms with Crippen molar-refractivity contribution in [2.75, 3.05) is 6.54 Å². The van der Waals surface area contributed by atoms with Gasteiger partial charge in [-0.15, -0.1) is 0 Å². The number of amides is 1. The summed E-state index contributed by atoms with van der Waals surface area (Å²) in [7, 11) is 0. The van der Waals surface area contributed by atoms with Crippen molar-refractivity contribution in [1.82, 2.24) is 9.88 Å². The van der Waals surface area contributed by atoms with E-state index in [1.54, 1.807) is 0 Å². The van der Waals surface area contributed by atoms with E-state index in [4.69, 9.17) is 11.6 Å². The maximum Gasteiger partial charge on any atom is 0.210 e. The molecule has 134 valence electrons. The molecular formula is C22H23ClN2O. The molecule has 1 N–H and O–H groups in total. The topological polar surface area (TPSA) is 36.1 Å². The fourth-order valence-corrected chi connectivity index (χ4v) is 4.36. The summed E-state index contributed by atoms with van der Waals surface area (Å²) in [5.41, 5.74) is 4.90. The number of nitrogens with zero attached hydrogens (tertiary/aromatic N) is 1. The molecular weight excluding hydrogens is 344 g/mol. The highest BCUT2D eigenvalue weighted by atomic mass is 35.5. The van der Waals surface area contributed by atoms with Gasteiger partial charge in [-0.2, -0.15) is 0 Å². The smallest absolute Gasteiger partial charge is 0.210 e. The highest BCUT2D eigenvalue weighted by Crippen LogP contribution is 2.39. The molecule has 1 aliphatic rings. The summed E-state index contributed by atoms with van der Waals surface area (Å²) in [5.74, 6) is 0.365. The summed E-state index contributed by atoms with van der Waals surface area (Å²) in [6.07, 6.45) is 3.85. The normalized spacial score (nSPS) is 18.4. The van der Waals surface area contributed by atoms with Gasteiger partial charge >= 0.3 is 0 Å². The highest BCUT2D eigenvalue weighted by molar-refractivity contribution is 6.31. The Hall–Kier alpha value is -2.26. The Bertz CT molecular complexity index is 919. The fourth-order valence-electron chi connectivity index (χ4n) is 4.19. The number of halogens is 1. The molecule has 0 saturated heterocycles. The Kier molecular flexibility index (Phi) is 4.73. The monoisotopic (exact) mass is 366 g/mol. The Labute approximate surface area is 159 Å². The van der Waals surface area contributed by atoms with E-state index in [9.17, 15) is 4.79 Å². The van der Waals surface area contributed by atoms with Gasteiger partial charge in [-0.1, -0.05) is 48.9 Å². The first kappa shape index (κ1) is 17.2. The molecule has 4 heteroatoms. The van der Waals surface area contributed by atoms with Crippen LogP contribution in [0.25, 0.3) is 10.9 Å². The zero-order valence-electron chi connectivity index (χ0n) is 14.9. The van der Waals surface area contributed by atoms with Crippen LogP contribution in [0.1, 0.15) is 48.5 Å². The Balaban J connectivity index is 1.76. The van der Waals surface area contributed by atoms with Crippen molar-refractivity contribution in [2.24, 2.45) is 0 Å². The second-order valence-electron chi connectivity index (χ2n) is 7.22. The number of carbonyl (C=O) groups is 1. The van der Waals surface area contributed by atoms with Gasteiger partial charge in [-0.3, -0.25) is 4.79 Å². The number of rotatable bonds is 4. The summed E-state index contributed by atoms with van der Waals surface area (Å²) >= 11 is 6.24. The number of hydrogen-bond donors (Lipinski definition) is 1. The Morgan fingerprint density at radius 1 is 1.27 bits per heavy atom. The molecule has 0 saturated carbocycles. The van der Waals surface area contributed by atoms with Gasteiger partial charge in [0.15, 0.2) is 0 Å².